The second-order valence-electron chi connectivity index (χ2n) is 4.59. The normalized spacial score (nSPS) is 12.2. The van der Waals surface area contributed by atoms with E-state index < -0.39 is 22.2 Å². The first-order valence-electron chi connectivity index (χ1n) is 6.47. The van der Waals surface area contributed by atoms with Gasteiger partial charge in [0.05, 0.1) is 17.1 Å². The highest BCUT2D eigenvalue weighted by Gasteiger charge is 2.17. The van der Waals surface area contributed by atoms with E-state index in [0.717, 1.165) is 12.8 Å². The maximum absolute atomic E-state index is 13.6. The summed E-state index contributed by atoms with van der Waals surface area (Å²) < 4.78 is 27.3. The zero-order valence-electron chi connectivity index (χ0n) is 11.2. The summed E-state index contributed by atoms with van der Waals surface area (Å²) in [6.45, 7) is 2.30. The van der Waals surface area contributed by atoms with E-state index in [1.54, 1.807) is 0 Å². The molecule has 0 spiro atoms. The van der Waals surface area contributed by atoms with E-state index in [1.165, 1.54) is 0 Å². The molecule has 1 rings (SSSR count). The van der Waals surface area contributed by atoms with Gasteiger partial charge < -0.3 is 10.4 Å². The van der Waals surface area contributed by atoms with Crippen LogP contribution in [0.4, 0.5) is 20.2 Å². The Kier molecular flexibility index (Phi) is 6.30. The van der Waals surface area contributed by atoms with Crippen molar-refractivity contribution in [2.45, 2.75) is 26.2 Å². The predicted molar refractivity (Wildman–Crippen MR) is 71.6 cm³/mol. The molecule has 1 aromatic rings. The second kappa shape index (κ2) is 7.74. The summed E-state index contributed by atoms with van der Waals surface area (Å²) >= 11 is 0. The number of rotatable bonds is 8. The van der Waals surface area contributed by atoms with Crippen LogP contribution in [0.15, 0.2) is 12.1 Å². The fraction of sp³-hybridized carbons (Fsp3) is 0.538. The first-order valence-corrected chi connectivity index (χ1v) is 6.47. The molecule has 1 unspecified atom stereocenters. The summed E-state index contributed by atoms with van der Waals surface area (Å²) in [5.41, 5.74) is -0.986. The number of nitrogens with zero attached hydrogens (tertiary/aromatic N) is 1. The minimum Gasteiger partial charge on any atom is -0.396 e. The standard InChI is InChI=1S/C13H18F2N2O3/c1-2-3-9(4-5-18)8-16-13-11(14)6-10(17(19)20)7-12(13)15/h6-7,9,16,18H,2-5,8H2,1H3. The summed E-state index contributed by atoms with van der Waals surface area (Å²) in [5.74, 6) is -1.88. The van der Waals surface area contributed by atoms with Crippen LogP contribution in [0.3, 0.4) is 0 Å². The van der Waals surface area contributed by atoms with E-state index >= 15 is 0 Å². The lowest BCUT2D eigenvalue weighted by Crippen LogP contribution is -2.17. The van der Waals surface area contributed by atoms with E-state index in [9.17, 15) is 18.9 Å². The van der Waals surface area contributed by atoms with Gasteiger partial charge in [-0.2, -0.15) is 0 Å². The van der Waals surface area contributed by atoms with Crippen molar-refractivity contribution in [1.29, 1.82) is 0 Å². The molecule has 0 fully saturated rings. The van der Waals surface area contributed by atoms with Crippen LogP contribution in [0.1, 0.15) is 26.2 Å². The van der Waals surface area contributed by atoms with Crippen molar-refractivity contribution in [3.8, 4) is 0 Å². The molecule has 0 saturated heterocycles. The van der Waals surface area contributed by atoms with Gasteiger partial charge in [0.25, 0.3) is 5.69 Å². The fourth-order valence-electron chi connectivity index (χ4n) is 2.02. The summed E-state index contributed by atoms with van der Waals surface area (Å²) in [7, 11) is 0. The molecule has 1 aromatic carbocycles. The topological polar surface area (TPSA) is 75.4 Å². The summed E-state index contributed by atoms with van der Waals surface area (Å²) in [6, 6.07) is 1.37. The minimum absolute atomic E-state index is 0.0115. The number of anilines is 1. The molecular formula is C13H18F2N2O3. The van der Waals surface area contributed by atoms with E-state index in [-0.39, 0.29) is 18.2 Å². The van der Waals surface area contributed by atoms with Gasteiger partial charge >= 0.3 is 0 Å². The summed E-state index contributed by atoms with van der Waals surface area (Å²) in [4.78, 5) is 9.63. The number of hydrogen-bond acceptors (Lipinski definition) is 4. The molecular weight excluding hydrogens is 270 g/mol. The lowest BCUT2D eigenvalue weighted by molar-refractivity contribution is -0.385. The number of nitro benzene ring substituents is 1. The smallest absolute Gasteiger partial charge is 0.275 e. The first-order chi connectivity index (χ1) is 9.49. The predicted octanol–water partition coefficient (Wildman–Crippen LogP) is 3.08. The molecule has 0 aromatic heterocycles. The zero-order chi connectivity index (χ0) is 15.1. The van der Waals surface area contributed by atoms with E-state index in [2.05, 4.69) is 5.32 Å². The largest absolute Gasteiger partial charge is 0.396 e. The molecule has 0 aliphatic rings. The van der Waals surface area contributed by atoms with Gasteiger partial charge in [-0.25, -0.2) is 8.78 Å². The Morgan fingerprint density at radius 3 is 2.40 bits per heavy atom. The van der Waals surface area contributed by atoms with Gasteiger partial charge in [-0.05, 0) is 18.8 Å². The Hall–Kier alpha value is -1.76. The third-order valence-electron chi connectivity index (χ3n) is 3.04. The molecule has 20 heavy (non-hydrogen) atoms. The molecule has 0 bridgehead atoms. The average Bonchev–Trinajstić information content (AvgIpc) is 2.37. The third-order valence-corrected chi connectivity index (χ3v) is 3.04. The van der Waals surface area contributed by atoms with Gasteiger partial charge in [0, 0.05) is 13.2 Å². The molecule has 112 valence electrons. The van der Waals surface area contributed by atoms with Gasteiger partial charge in [-0.15, -0.1) is 0 Å². The molecule has 0 amide bonds. The molecule has 0 heterocycles. The van der Waals surface area contributed by atoms with Crippen LogP contribution < -0.4 is 5.32 Å². The van der Waals surface area contributed by atoms with Crippen LogP contribution >= 0.6 is 0 Å². The van der Waals surface area contributed by atoms with Crippen LogP contribution in [0.5, 0.6) is 0 Å². The van der Waals surface area contributed by atoms with Crippen molar-refractivity contribution in [3.63, 3.8) is 0 Å². The van der Waals surface area contributed by atoms with Gasteiger partial charge in [-0.1, -0.05) is 13.3 Å². The van der Waals surface area contributed by atoms with Crippen LogP contribution in [-0.2, 0) is 0 Å². The SMILES string of the molecule is CCCC(CCO)CNc1c(F)cc([N+](=O)[O-])cc1F. The van der Waals surface area contributed by atoms with E-state index in [0.29, 0.717) is 25.1 Å². The van der Waals surface area contributed by atoms with Gasteiger partial charge in [0.2, 0.25) is 0 Å². The Balaban J connectivity index is 2.79. The summed E-state index contributed by atoms with van der Waals surface area (Å²) in [6.07, 6.45) is 2.26. The minimum atomic E-state index is -0.990. The number of hydrogen-bond donors (Lipinski definition) is 2. The molecule has 0 saturated carbocycles. The van der Waals surface area contributed by atoms with Crippen molar-refractivity contribution in [3.05, 3.63) is 33.9 Å². The molecule has 0 aliphatic heterocycles. The molecule has 0 aliphatic carbocycles. The van der Waals surface area contributed by atoms with Crippen LogP contribution in [0.2, 0.25) is 0 Å². The van der Waals surface area contributed by atoms with Gasteiger partial charge in [0.15, 0.2) is 11.6 Å². The summed E-state index contributed by atoms with van der Waals surface area (Å²) in [5, 5.41) is 22.0. The highest BCUT2D eigenvalue weighted by atomic mass is 19.1. The molecule has 5 nitrogen and oxygen atoms in total. The van der Waals surface area contributed by atoms with Gasteiger partial charge in [0.1, 0.15) is 5.69 Å². The Bertz CT molecular complexity index is 440. The van der Waals surface area contributed by atoms with Crippen molar-refractivity contribution in [2.75, 3.05) is 18.5 Å². The quantitative estimate of drug-likeness (QED) is 0.569. The number of aliphatic hydroxyl groups is 1. The number of nitro groups is 1. The number of benzene rings is 1. The molecule has 2 N–H and O–H groups in total. The van der Waals surface area contributed by atoms with Crippen molar-refractivity contribution >= 4 is 11.4 Å². The molecule has 0 radical (unpaired) electrons. The Labute approximate surface area is 115 Å². The third kappa shape index (κ3) is 4.41. The zero-order valence-corrected chi connectivity index (χ0v) is 11.2. The second-order valence-corrected chi connectivity index (χ2v) is 4.59. The molecule has 7 heteroatoms. The Morgan fingerprint density at radius 2 is 1.95 bits per heavy atom. The van der Waals surface area contributed by atoms with E-state index in [4.69, 9.17) is 5.11 Å². The number of aliphatic hydroxyl groups excluding tert-OH is 1. The maximum atomic E-state index is 13.6. The van der Waals surface area contributed by atoms with Crippen LogP contribution in [0, 0.1) is 27.7 Å². The highest BCUT2D eigenvalue weighted by molar-refractivity contribution is 5.51. The number of halogens is 2. The van der Waals surface area contributed by atoms with E-state index in [1.807, 2.05) is 6.92 Å². The lowest BCUT2D eigenvalue weighted by Gasteiger charge is -2.17. The number of nitrogens with one attached hydrogen (secondary N) is 1. The highest BCUT2D eigenvalue weighted by Crippen LogP contribution is 2.25. The maximum Gasteiger partial charge on any atom is 0.275 e. The van der Waals surface area contributed by atoms with Crippen molar-refractivity contribution in [1.82, 2.24) is 0 Å². The van der Waals surface area contributed by atoms with Crippen LogP contribution in [-0.4, -0.2) is 23.2 Å². The monoisotopic (exact) mass is 288 g/mol. The van der Waals surface area contributed by atoms with Gasteiger partial charge in [-0.3, -0.25) is 10.1 Å². The molecule has 1 atom stereocenters. The van der Waals surface area contributed by atoms with Crippen LogP contribution in [0.25, 0.3) is 0 Å². The van der Waals surface area contributed by atoms with Crippen molar-refractivity contribution < 1.29 is 18.8 Å². The van der Waals surface area contributed by atoms with Crippen molar-refractivity contribution in [2.24, 2.45) is 5.92 Å². The first kappa shape index (κ1) is 16.3. The number of non-ortho nitro benzene ring substituents is 1. The fourth-order valence-corrected chi connectivity index (χ4v) is 2.02. The Morgan fingerprint density at radius 1 is 1.35 bits per heavy atom. The lowest BCUT2D eigenvalue weighted by atomic mass is 10.00. The average molecular weight is 288 g/mol.